The minimum atomic E-state index is -0.458. The maximum atomic E-state index is 13.9. The Morgan fingerprint density at radius 2 is 2.07 bits per heavy atom. The van der Waals surface area contributed by atoms with Gasteiger partial charge < -0.3 is 10.2 Å². The van der Waals surface area contributed by atoms with Gasteiger partial charge in [-0.1, -0.05) is 48.0 Å². The van der Waals surface area contributed by atoms with Crippen LogP contribution < -0.4 is 10.2 Å². The van der Waals surface area contributed by atoms with Crippen LogP contribution in [0.2, 0.25) is 5.02 Å². The fraction of sp³-hybridized carbons (Fsp3) is 0.238. The van der Waals surface area contributed by atoms with Crippen molar-refractivity contribution in [3.8, 4) is 11.3 Å². The Balaban J connectivity index is 1.36. The summed E-state index contributed by atoms with van der Waals surface area (Å²) in [7, 11) is 0. The van der Waals surface area contributed by atoms with Gasteiger partial charge in [0.1, 0.15) is 5.82 Å². The third-order valence-electron chi connectivity index (χ3n) is 4.93. The van der Waals surface area contributed by atoms with Gasteiger partial charge in [-0.2, -0.15) is 5.10 Å². The normalized spacial score (nSPS) is 16.4. The lowest BCUT2D eigenvalue weighted by Crippen LogP contribution is -2.38. The number of carbonyl (C=O) groups is 1. The quantitative estimate of drug-likeness (QED) is 0.687. The Kier molecular flexibility index (Phi) is 5.30. The van der Waals surface area contributed by atoms with Gasteiger partial charge in [0.25, 0.3) is 0 Å². The van der Waals surface area contributed by atoms with Crippen molar-refractivity contribution in [2.75, 3.05) is 18.0 Å². The van der Waals surface area contributed by atoms with E-state index in [2.05, 4.69) is 20.4 Å². The van der Waals surface area contributed by atoms with Crippen LogP contribution in [0.3, 0.4) is 0 Å². The summed E-state index contributed by atoms with van der Waals surface area (Å²) in [5.74, 6) is 0.166. The van der Waals surface area contributed by atoms with Gasteiger partial charge in [0.05, 0.1) is 12.1 Å². The van der Waals surface area contributed by atoms with E-state index >= 15 is 0 Å². The van der Waals surface area contributed by atoms with Gasteiger partial charge in [0.2, 0.25) is 5.91 Å². The zero-order valence-electron chi connectivity index (χ0n) is 15.2. The van der Waals surface area contributed by atoms with Gasteiger partial charge in [0, 0.05) is 35.8 Å². The van der Waals surface area contributed by atoms with Crippen LogP contribution in [0.4, 0.5) is 10.2 Å². The number of amides is 1. The molecule has 1 atom stereocenters. The molecule has 28 heavy (non-hydrogen) atoms. The number of nitrogens with zero attached hydrogens (tertiary/aromatic N) is 2. The van der Waals surface area contributed by atoms with Crippen molar-refractivity contribution in [3.63, 3.8) is 0 Å². The Labute approximate surface area is 167 Å². The highest BCUT2D eigenvalue weighted by atomic mass is 35.5. The van der Waals surface area contributed by atoms with E-state index in [9.17, 15) is 9.18 Å². The standard InChI is InChI=1S/C21H20ClFN4O/c22-17-7-4-8-18(23)16(17)11-21(28)24-15-9-10-27(13-15)20-12-19(25-26-20)14-5-2-1-3-6-14/h1-8,12,15H,9-11,13H2,(H,24,28)(H,25,26)/t15-/m1/s1. The lowest BCUT2D eigenvalue weighted by molar-refractivity contribution is -0.121. The number of nitrogens with one attached hydrogen (secondary N) is 2. The van der Waals surface area contributed by atoms with E-state index in [-0.39, 0.29) is 29.0 Å². The minimum absolute atomic E-state index is 0.00470. The molecule has 1 amide bonds. The fourth-order valence-electron chi connectivity index (χ4n) is 3.47. The van der Waals surface area contributed by atoms with Crippen LogP contribution in [-0.4, -0.2) is 35.2 Å². The summed E-state index contributed by atoms with van der Waals surface area (Å²) in [6.45, 7) is 1.46. The number of H-pyrrole nitrogens is 1. The molecular weight excluding hydrogens is 379 g/mol. The molecule has 0 radical (unpaired) electrons. The van der Waals surface area contributed by atoms with E-state index in [1.807, 2.05) is 36.4 Å². The molecule has 144 valence electrons. The highest BCUT2D eigenvalue weighted by Crippen LogP contribution is 2.24. The molecule has 0 spiro atoms. The van der Waals surface area contributed by atoms with Crippen molar-refractivity contribution in [1.29, 1.82) is 0 Å². The molecule has 2 N–H and O–H groups in total. The van der Waals surface area contributed by atoms with Gasteiger partial charge in [-0.25, -0.2) is 4.39 Å². The molecule has 4 rings (SSSR count). The highest BCUT2D eigenvalue weighted by molar-refractivity contribution is 6.31. The molecule has 0 aliphatic carbocycles. The number of rotatable bonds is 5. The average Bonchev–Trinajstić information content (AvgIpc) is 3.35. The summed E-state index contributed by atoms with van der Waals surface area (Å²) in [4.78, 5) is 14.5. The summed E-state index contributed by atoms with van der Waals surface area (Å²) < 4.78 is 13.9. The summed E-state index contributed by atoms with van der Waals surface area (Å²) in [6.07, 6.45) is 0.743. The van der Waals surface area contributed by atoms with Crippen LogP contribution in [0, 0.1) is 5.82 Å². The van der Waals surface area contributed by atoms with E-state index in [0.29, 0.717) is 6.54 Å². The molecule has 1 saturated heterocycles. The first kappa shape index (κ1) is 18.5. The molecular formula is C21H20ClFN4O. The molecule has 0 unspecified atom stereocenters. The number of halogens is 2. The first-order valence-corrected chi connectivity index (χ1v) is 9.56. The van der Waals surface area contributed by atoms with Crippen LogP contribution in [0.15, 0.2) is 54.6 Å². The van der Waals surface area contributed by atoms with E-state index in [4.69, 9.17) is 11.6 Å². The van der Waals surface area contributed by atoms with Crippen molar-refractivity contribution < 1.29 is 9.18 Å². The Bertz CT molecular complexity index is 955. The first-order chi connectivity index (χ1) is 13.6. The fourth-order valence-corrected chi connectivity index (χ4v) is 3.70. The maximum absolute atomic E-state index is 13.9. The maximum Gasteiger partial charge on any atom is 0.224 e. The number of hydrogen-bond acceptors (Lipinski definition) is 3. The second-order valence-corrected chi connectivity index (χ2v) is 7.29. The molecule has 0 bridgehead atoms. The summed E-state index contributed by atoms with van der Waals surface area (Å²) in [6, 6.07) is 16.4. The number of carbonyl (C=O) groups excluding carboxylic acids is 1. The van der Waals surface area contributed by atoms with E-state index in [1.54, 1.807) is 6.07 Å². The lowest BCUT2D eigenvalue weighted by atomic mass is 10.1. The molecule has 2 aromatic carbocycles. The summed E-state index contributed by atoms with van der Waals surface area (Å²) in [5, 5.41) is 10.7. The summed E-state index contributed by atoms with van der Waals surface area (Å²) in [5.41, 5.74) is 2.26. The van der Waals surface area contributed by atoms with Crippen molar-refractivity contribution in [1.82, 2.24) is 15.5 Å². The van der Waals surface area contributed by atoms with Crippen molar-refractivity contribution in [2.45, 2.75) is 18.9 Å². The first-order valence-electron chi connectivity index (χ1n) is 9.18. The van der Waals surface area contributed by atoms with Crippen LogP contribution >= 0.6 is 11.6 Å². The minimum Gasteiger partial charge on any atom is -0.353 e. The Morgan fingerprint density at radius 1 is 1.25 bits per heavy atom. The van der Waals surface area contributed by atoms with Gasteiger partial charge in [-0.15, -0.1) is 0 Å². The Hall–Kier alpha value is -2.86. The van der Waals surface area contributed by atoms with Crippen LogP contribution in [0.5, 0.6) is 0 Å². The third kappa shape index (κ3) is 4.02. The predicted molar refractivity (Wildman–Crippen MR) is 108 cm³/mol. The zero-order chi connectivity index (χ0) is 19.5. The topological polar surface area (TPSA) is 61.0 Å². The molecule has 5 nitrogen and oxygen atoms in total. The summed E-state index contributed by atoms with van der Waals surface area (Å²) >= 11 is 6.01. The predicted octanol–water partition coefficient (Wildman–Crippen LogP) is 3.81. The van der Waals surface area contributed by atoms with Crippen LogP contribution in [-0.2, 0) is 11.2 Å². The van der Waals surface area contributed by atoms with Crippen molar-refractivity contribution >= 4 is 23.3 Å². The molecule has 1 aliphatic heterocycles. The monoisotopic (exact) mass is 398 g/mol. The van der Waals surface area contributed by atoms with Crippen molar-refractivity contribution in [2.24, 2.45) is 0 Å². The van der Waals surface area contributed by atoms with Gasteiger partial charge in [0.15, 0.2) is 5.82 Å². The SMILES string of the molecule is O=C(Cc1c(F)cccc1Cl)N[C@@H]1CCN(c2cc(-c3ccccc3)[nH]n2)C1. The smallest absolute Gasteiger partial charge is 0.224 e. The second-order valence-electron chi connectivity index (χ2n) is 6.88. The Morgan fingerprint density at radius 3 is 2.86 bits per heavy atom. The van der Waals surface area contributed by atoms with E-state index in [0.717, 1.165) is 30.0 Å². The van der Waals surface area contributed by atoms with Gasteiger partial charge in [-0.05, 0) is 24.1 Å². The molecule has 0 saturated carbocycles. The molecule has 1 fully saturated rings. The molecule has 3 aromatic rings. The van der Waals surface area contributed by atoms with Gasteiger partial charge in [-0.3, -0.25) is 9.89 Å². The van der Waals surface area contributed by atoms with Crippen LogP contribution in [0.25, 0.3) is 11.3 Å². The highest BCUT2D eigenvalue weighted by Gasteiger charge is 2.26. The molecule has 7 heteroatoms. The van der Waals surface area contributed by atoms with Crippen molar-refractivity contribution in [3.05, 3.63) is 71.0 Å². The third-order valence-corrected chi connectivity index (χ3v) is 5.28. The largest absolute Gasteiger partial charge is 0.353 e. The number of aromatic amines is 1. The zero-order valence-corrected chi connectivity index (χ0v) is 15.9. The second kappa shape index (κ2) is 8.02. The van der Waals surface area contributed by atoms with Gasteiger partial charge >= 0.3 is 0 Å². The molecule has 1 aromatic heterocycles. The molecule has 2 heterocycles. The number of hydrogen-bond donors (Lipinski definition) is 2. The van der Waals surface area contributed by atoms with E-state index < -0.39 is 5.82 Å². The molecule has 1 aliphatic rings. The lowest BCUT2D eigenvalue weighted by Gasteiger charge is -2.16. The number of aromatic nitrogens is 2. The number of anilines is 1. The number of benzene rings is 2. The van der Waals surface area contributed by atoms with Crippen LogP contribution in [0.1, 0.15) is 12.0 Å². The average molecular weight is 399 g/mol. The van der Waals surface area contributed by atoms with E-state index in [1.165, 1.54) is 12.1 Å².